The van der Waals surface area contributed by atoms with Crippen LogP contribution in [0.3, 0.4) is 0 Å². The van der Waals surface area contributed by atoms with Gasteiger partial charge in [-0.1, -0.05) is 35.9 Å². The van der Waals surface area contributed by atoms with Gasteiger partial charge in [0.15, 0.2) is 0 Å². The molecule has 35 heavy (non-hydrogen) atoms. The van der Waals surface area contributed by atoms with Gasteiger partial charge in [-0.2, -0.15) is 0 Å². The van der Waals surface area contributed by atoms with Crippen LogP contribution in [0.25, 0.3) is 0 Å². The lowest BCUT2D eigenvalue weighted by molar-refractivity contribution is -0.139. The molecule has 2 aliphatic rings. The van der Waals surface area contributed by atoms with Crippen LogP contribution < -0.4 is 10.6 Å². The number of aryl methyl sites for hydroxylation is 1. The van der Waals surface area contributed by atoms with Crippen molar-refractivity contribution < 1.29 is 24.6 Å². The SMILES string of the molecule is Cc1cc(C[C@@H](NC(=O)N2CCC(N3CCc4ccccc4NC3=O)CC2)C(=O)O)cc(Cl)c1O. The second-order valence-corrected chi connectivity index (χ2v) is 9.44. The highest BCUT2D eigenvalue weighted by atomic mass is 35.5. The first-order valence-corrected chi connectivity index (χ1v) is 12.0. The number of carbonyl (C=O) groups is 3. The summed E-state index contributed by atoms with van der Waals surface area (Å²) in [4.78, 5) is 40.9. The van der Waals surface area contributed by atoms with E-state index in [1.54, 1.807) is 17.9 Å². The van der Waals surface area contributed by atoms with E-state index in [2.05, 4.69) is 10.6 Å². The Bertz CT molecular complexity index is 1110. The zero-order valence-corrected chi connectivity index (χ0v) is 20.2. The van der Waals surface area contributed by atoms with E-state index >= 15 is 0 Å². The topological polar surface area (TPSA) is 122 Å². The zero-order valence-electron chi connectivity index (χ0n) is 19.5. The summed E-state index contributed by atoms with van der Waals surface area (Å²) in [5, 5.41) is 25.2. The average Bonchev–Trinajstić information content (AvgIpc) is 3.00. The van der Waals surface area contributed by atoms with E-state index in [1.165, 1.54) is 6.07 Å². The molecular weight excluding hydrogens is 472 g/mol. The molecule has 4 rings (SSSR count). The average molecular weight is 501 g/mol. The highest BCUT2D eigenvalue weighted by molar-refractivity contribution is 6.32. The Labute approximate surface area is 208 Å². The Balaban J connectivity index is 1.33. The third kappa shape index (κ3) is 5.62. The summed E-state index contributed by atoms with van der Waals surface area (Å²) < 4.78 is 0. The molecule has 186 valence electrons. The summed E-state index contributed by atoms with van der Waals surface area (Å²) in [5.74, 6) is -1.20. The van der Waals surface area contributed by atoms with Crippen molar-refractivity contribution in [2.45, 2.75) is 44.7 Å². The molecule has 9 nitrogen and oxygen atoms in total. The Hall–Kier alpha value is -3.46. The fourth-order valence-electron chi connectivity index (χ4n) is 4.72. The first-order chi connectivity index (χ1) is 16.7. The predicted molar refractivity (Wildman–Crippen MR) is 132 cm³/mol. The number of benzene rings is 2. The molecule has 1 atom stereocenters. The van der Waals surface area contributed by atoms with Gasteiger partial charge in [0, 0.05) is 37.8 Å². The Morgan fingerprint density at radius 3 is 2.60 bits per heavy atom. The molecule has 10 heteroatoms. The Morgan fingerprint density at radius 1 is 1.20 bits per heavy atom. The van der Waals surface area contributed by atoms with Crippen molar-refractivity contribution >= 4 is 35.3 Å². The Morgan fingerprint density at radius 2 is 1.91 bits per heavy atom. The minimum atomic E-state index is -1.16. The van der Waals surface area contributed by atoms with Gasteiger partial charge in [0.05, 0.1) is 5.02 Å². The number of urea groups is 2. The van der Waals surface area contributed by atoms with Crippen molar-refractivity contribution in [1.82, 2.24) is 15.1 Å². The number of para-hydroxylation sites is 1. The van der Waals surface area contributed by atoms with Gasteiger partial charge in [-0.25, -0.2) is 14.4 Å². The number of aliphatic carboxylic acids is 1. The number of hydrogen-bond donors (Lipinski definition) is 4. The number of aromatic hydroxyl groups is 1. The van der Waals surface area contributed by atoms with Crippen molar-refractivity contribution in [3.63, 3.8) is 0 Å². The molecule has 4 amide bonds. The van der Waals surface area contributed by atoms with Crippen LogP contribution in [0.4, 0.5) is 15.3 Å². The van der Waals surface area contributed by atoms with Crippen molar-refractivity contribution in [1.29, 1.82) is 0 Å². The van der Waals surface area contributed by atoms with E-state index in [9.17, 15) is 24.6 Å². The van der Waals surface area contributed by atoms with Crippen LogP contribution in [0.1, 0.15) is 29.5 Å². The number of anilines is 1. The summed E-state index contributed by atoms with van der Waals surface area (Å²) in [6, 6.07) is 9.20. The molecule has 0 aliphatic carbocycles. The fourth-order valence-corrected chi connectivity index (χ4v) is 5.01. The number of phenols is 1. The minimum absolute atomic E-state index is 0.00532. The molecule has 2 aliphatic heterocycles. The number of rotatable bonds is 5. The van der Waals surface area contributed by atoms with E-state index in [-0.39, 0.29) is 29.3 Å². The number of fused-ring (bicyclic) bond motifs is 1. The van der Waals surface area contributed by atoms with Crippen LogP contribution in [0.15, 0.2) is 36.4 Å². The smallest absolute Gasteiger partial charge is 0.326 e. The third-order valence-corrected chi connectivity index (χ3v) is 6.97. The number of nitrogens with zero attached hydrogens (tertiary/aromatic N) is 2. The second-order valence-electron chi connectivity index (χ2n) is 9.04. The molecule has 2 heterocycles. The maximum absolute atomic E-state index is 12.8. The highest BCUT2D eigenvalue weighted by Crippen LogP contribution is 2.29. The molecular formula is C25H29ClN4O5. The van der Waals surface area contributed by atoms with Gasteiger partial charge in [-0.15, -0.1) is 0 Å². The summed E-state index contributed by atoms with van der Waals surface area (Å²) in [5.41, 5.74) is 3.07. The summed E-state index contributed by atoms with van der Waals surface area (Å²) in [7, 11) is 0. The molecule has 0 spiro atoms. The van der Waals surface area contributed by atoms with Crippen LogP contribution in [0.2, 0.25) is 5.02 Å². The number of phenolic OH excluding ortho intramolecular Hbond substituents is 1. The quantitative estimate of drug-likeness (QED) is 0.499. The van der Waals surface area contributed by atoms with Crippen LogP contribution in [-0.4, -0.2) is 69.8 Å². The van der Waals surface area contributed by atoms with Crippen LogP contribution in [0, 0.1) is 6.92 Å². The molecule has 2 aromatic carbocycles. The van der Waals surface area contributed by atoms with E-state index in [1.807, 2.05) is 29.2 Å². The number of carbonyl (C=O) groups excluding carboxylic acids is 2. The molecule has 0 bridgehead atoms. The van der Waals surface area contributed by atoms with Gasteiger partial charge in [0.1, 0.15) is 11.8 Å². The normalized spacial score (nSPS) is 17.3. The number of hydrogen-bond acceptors (Lipinski definition) is 4. The molecule has 0 radical (unpaired) electrons. The fraction of sp³-hybridized carbons (Fsp3) is 0.400. The van der Waals surface area contributed by atoms with E-state index in [4.69, 9.17) is 11.6 Å². The zero-order chi connectivity index (χ0) is 25.1. The molecule has 2 aromatic rings. The first kappa shape index (κ1) is 24.7. The monoisotopic (exact) mass is 500 g/mol. The summed E-state index contributed by atoms with van der Waals surface area (Å²) >= 11 is 6.01. The van der Waals surface area contributed by atoms with Crippen molar-refractivity contribution in [3.8, 4) is 5.75 Å². The van der Waals surface area contributed by atoms with Gasteiger partial charge in [-0.3, -0.25) is 0 Å². The number of piperidine rings is 1. The highest BCUT2D eigenvalue weighted by Gasteiger charge is 2.32. The second kappa shape index (κ2) is 10.4. The molecule has 1 fully saturated rings. The number of likely N-dealkylation sites (tertiary alicyclic amines) is 1. The first-order valence-electron chi connectivity index (χ1n) is 11.6. The summed E-state index contributed by atoms with van der Waals surface area (Å²) in [6.07, 6.45) is 2.02. The van der Waals surface area contributed by atoms with E-state index in [0.29, 0.717) is 43.6 Å². The van der Waals surface area contributed by atoms with Gasteiger partial charge >= 0.3 is 18.0 Å². The maximum atomic E-state index is 12.8. The molecule has 0 saturated carbocycles. The van der Waals surface area contributed by atoms with Crippen molar-refractivity contribution in [3.05, 3.63) is 58.1 Å². The van der Waals surface area contributed by atoms with Crippen molar-refractivity contribution in [2.24, 2.45) is 0 Å². The maximum Gasteiger partial charge on any atom is 0.326 e. The van der Waals surface area contributed by atoms with Crippen LogP contribution in [0.5, 0.6) is 5.75 Å². The predicted octanol–water partition coefficient (Wildman–Crippen LogP) is 3.61. The van der Waals surface area contributed by atoms with E-state index in [0.717, 1.165) is 17.7 Å². The molecule has 4 N–H and O–H groups in total. The lowest BCUT2D eigenvalue weighted by atomic mass is 10.0. The van der Waals surface area contributed by atoms with Crippen molar-refractivity contribution in [2.75, 3.05) is 25.0 Å². The van der Waals surface area contributed by atoms with Gasteiger partial charge in [0.25, 0.3) is 0 Å². The number of nitrogens with one attached hydrogen (secondary N) is 2. The molecule has 1 saturated heterocycles. The van der Waals surface area contributed by atoms with E-state index < -0.39 is 18.0 Å². The summed E-state index contributed by atoms with van der Waals surface area (Å²) in [6.45, 7) is 3.12. The Kier molecular flexibility index (Phi) is 7.35. The van der Waals surface area contributed by atoms with Gasteiger partial charge in [-0.05, 0) is 55.0 Å². The third-order valence-electron chi connectivity index (χ3n) is 6.68. The van der Waals surface area contributed by atoms with Gasteiger partial charge in [0.2, 0.25) is 0 Å². The van der Waals surface area contributed by atoms with Crippen LogP contribution >= 0.6 is 11.6 Å². The number of carboxylic acids is 1. The van der Waals surface area contributed by atoms with Crippen LogP contribution in [-0.2, 0) is 17.6 Å². The number of amides is 4. The number of halogens is 1. The lowest BCUT2D eigenvalue weighted by Gasteiger charge is -2.38. The van der Waals surface area contributed by atoms with Gasteiger partial charge < -0.3 is 30.6 Å². The molecule has 0 unspecified atom stereocenters. The number of carboxylic acid groups (broad SMARTS) is 1. The standard InChI is InChI=1S/C25H29ClN4O5/c1-15-12-16(13-19(26)22(15)31)14-21(23(32)33)28-24(34)29-9-7-18(8-10-29)30-11-6-17-4-2-3-5-20(17)27-25(30)35/h2-5,12-13,18,21,31H,6-11,14H2,1H3,(H,27,35)(H,28,34)(H,32,33)/t21-/m1/s1. The minimum Gasteiger partial charge on any atom is -0.506 e. The largest absolute Gasteiger partial charge is 0.506 e. The molecule has 0 aromatic heterocycles. The lowest BCUT2D eigenvalue weighted by Crippen LogP contribution is -2.54.